The molecule has 0 atom stereocenters. The van der Waals surface area contributed by atoms with Crippen molar-refractivity contribution in [1.29, 1.82) is 0 Å². The second-order valence-corrected chi connectivity index (χ2v) is 5.37. The van der Waals surface area contributed by atoms with Crippen LogP contribution in [0.5, 0.6) is 0 Å². The SMILES string of the molecule is C=C(CC(C)C)C(=O)NS(=O)(=O)Cl. The maximum atomic E-state index is 11.0. The second-order valence-electron chi connectivity index (χ2n) is 3.07. The molecule has 0 fully saturated rings. The zero-order valence-corrected chi connectivity index (χ0v) is 9.07. The van der Waals surface area contributed by atoms with E-state index in [1.807, 2.05) is 13.8 Å². The van der Waals surface area contributed by atoms with Crippen LogP contribution in [0.3, 0.4) is 0 Å². The van der Waals surface area contributed by atoms with Gasteiger partial charge >= 0.3 is 9.24 Å². The third-order valence-electron chi connectivity index (χ3n) is 1.19. The Kier molecular flexibility index (Phi) is 4.43. The van der Waals surface area contributed by atoms with Crippen molar-refractivity contribution < 1.29 is 13.2 Å². The molecule has 0 aromatic carbocycles. The summed E-state index contributed by atoms with van der Waals surface area (Å²) in [6, 6.07) is 0. The fourth-order valence-electron chi connectivity index (χ4n) is 0.768. The van der Waals surface area contributed by atoms with Gasteiger partial charge in [0.05, 0.1) is 0 Å². The lowest BCUT2D eigenvalue weighted by Crippen LogP contribution is -2.28. The van der Waals surface area contributed by atoms with Gasteiger partial charge in [-0.15, -0.1) is 0 Å². The van der Waals surface area contributed by atoms with Crippen LogP contribution in [-0.4, -0.2) is 14.3 Å². The second kappa shape index (κ2) is 4.62. The van der Waals surface area contributed by atoms with E-state index in [0.29, 0.717) is 6.42 Å². The van der Waals surface area contributed by atoms with Crippen LogP contribution in [0.4, 0.5) is 0 Å². The van der Waals surface area contributed by atoms with Crippen LogP contribution in [0.2, 0.25) is 0 Å². The smallest absolute Gasteiger partial charge is 0.269 e. The summed E-state index contributed by atoms with van der Waals surface area (Å²) in [7, 11) is 0.815. The molecule has 4 nitrogen and oxygen atoms in total. The maximum absolute atomic E-state index is 11.0. The molecule has 0 rings (SSSR count). The van der Waals surface area contributed by atoms with E-state index >= 15 is 0 Å². The molecule has 0 aromatic rings. The number of nitrogens with one attached hydrogen (secondary N) is 1. The van der Waals surface area contributed by atoms with E-state index in [-0.39, 0.29) is 11.5 Å². The van der Waals surface area contributed by atoms with Crippen LogP contribution in [0.1, 0.15) is 20.3 Å². The van der Waals surface area contributed by atoms with Crippen molar-refractivity contribution in [2.24, 2.45) is 5.92 Å². The van der Waals surface area contributed by atoms with E-state index in [2.05, 4.69) is 6.58 Å². The highest BCUT2D eigenvalue weighted by atomic mass is 35.7. The molecule has 1 amide bonds. The Balaban J connectivity index is 4.22. The number of hydrogen-bond donors (Lipinski definition) is 1. The number of halogens is 1. The van der Waals surface area contributed by atoms with Gasteiger partial charge in [0.2, 0.25) is 0 Å². The standard InChI is InChI=1S/C7H12ClNO3S/c1-5(2)4-6(3)7(10)9-13(8,11)12/h5H,3-4H2,1-2H3,(H,9,10). The van der Waals surface area contributed by atoms with Crippen molar-refractivity contribution >= 4 is 25.8 Å². The molecular formula is C7H12ClNO3S. The predicted octanol–water partition coefficient (Wildman–Crippen LogP) is 1.19. The average Bonchev–Trinajstić information content (AvgIpc) is 1.81. The van der Waals surface area contributed by atoms with Gasteiger partial charge in [0.1, 0.15) is 0 Å². The molecule has 0 unspecified atom stereocenters. The lowest BCUT2D eigenvalue weighted by atomic mass is 10.0. The molecule has 1 N–H and O–H groups in total. The molecule has 0 radical (unpaired) electrons. The molecule has 6 heteroatoms. The van der Waals surface area contributed by atoms with Crippen molar-refractivity contribution in [3.63, 3.8) is 0 Å². The molecule has 0 aromatic heterocycles. The fraction of sp³-hybridized carbons (Fsp3) is 0.571. The molecule has 0 saturated carbocycles. The lowest BCUT2D eigenvalue weighted by molar-refractivity contribution is -0.116. The Morgan fingerprint density at radius 1 is 1.54 bits per heavy atom. The first-order chi connectivity index (χ1) is 5.72. The van der Waals surface area contributed by atoms with Crippen molar-refractivity contribution in [3.05, 3.63) is 12.2 Å². The van der Waals surface area contributed by atoms with Crippen molar-refractivity contribution in [2.45, 2.75) is 20.3 Å². The third kappa shape index (κ3) is 6.60. The first-order valence-corrected chi connectivity index (χ1v) is 5.98. The summed E-state index contributed by atoms with van der Waals surface area (Å²) in [6.45, 7) is 7.24. The normalized spacial score (nSPS) is 11.4. The van der Waals surface area contributed by atoms with E-state index in [0.717, 1.165) is 0 Å². The monoisotopic (exact) mass is 225 g/mol. The van der Waals surface area contributed by atoms with Gasteiger partial charge in [-0.05, 0) is 12.3 Å². The zero-order valence-electron chi connectivity index (χ0n) is 7.50. The van der Waals surface area contributed by atoms with Crippen LogP contribution in [0, 0.1) is 5.92 Å². The largest absolute Gasteiger partial charge is 0.321 e. The zero-order chi connectivity index (χ0) is 10.6. The summed E-state index contributed by atoms with van der Waals surface area (Å²) in [5.41, 5.74) is 0.208. The van der Waals surface area contributed by atoms with Crippen LogP contribution in [-0.2, 0) is 14.0 Å². The van der Waals surface area contributed by atoms with Crippen LogP contribution in [0.15, 0.2) is 12.2 Å². The molecule has 0 saturated heterocycles. The number of carbonyl (C=O) groups is 1. The van der Waals surface area contributed by atoms with Gasteiger partial charge in [-0.2, -0.15) is 8.42 Å². The molecule has 13 heavy (non-hydrogen) atoms. The van der Waals surface area contributed by atoms with Gasteiger partial charge in [0.25, 0.3) is 5.91 Å². The van der Waals surface area contributed by atoms with Gasteiger partial charge < -0.3 is 0 Å². The molecule has 0 spiro atoms. The molecule has 76 valence electrons. The maximum Gasteiger partial charge on any atom is 0.321 e. The van der Waals surface area contributed by atoms with Crippen LogP contribution in [0.25, 0.3) is 0 Å². The summed E-state index contributed by atoms with van der Waals surface area (Å²) < 4.78 is 22.5. The summed E-state index contributed by atoms with van der Waals surface area (Å²) in [5.74, 6) is -0.500. The Hall–Kier alpha value is -0.550. The highest BCUT2D eigenvalue weighted by Crippen LogP contribution is 2.09. The van der Waals surface area contributed by atoms with Crippen molar-refractivity contribution in [3.8, 4) is 0 Å². The first-order valence-electron chi connectivity index (χ1n) is 3.67. The van der Waals surface area contributed by atoms with Crippen LogP contribution < -0.4 is 4.72 Å². The molecule has 0 heterocycles. The van der Waals surface area contributed by atoms with Gasteiger partial charge in [0, 0.05) is 16.3 Å². The molecule has 0 aliphatic heterocycles. The predicted molar refractivity (Wildman–Crippen MR) is 51.5 cm³/mol. The Morgan fingerprint density at radius 3 is 2.31 bits per heavy atom. The first kappa shape index (κ1) is 12.4. The Morgan fingerprint density at radius 2 is 2.00 bits per heavy atom. The number of amides is 1. The minimum atomic E-state index is -3.99. The topological polar surface area (TPSA) is 63.2 Å². The summed E-state index contributed by atoms with van der Waals surface area (Å²) in [5, 5.41) is 0. The van der Waals surface area contributed by atoms with Gasteiger partial charge in [-0.3, -0.25) is 4.79 Å². The van der Waals surface area contributed by atoms with Gasteiger partial charge in [-0.25, -0.2) is 4.72 Å². The van der Waals surface area contributed by atoms with E-state index in [9.17, 15) is 13.2 Å². The summed E-state index contributed by atoms with van der Waals surface area (Å²) in [6.07, 6.45) is 0.443. The molecule has 0 aliphatic carbocycles. The van der Waals surface area contributed by atoms with Gasteiger partial charge in [-0.1, -0.05) is 20.4 Å². The van der Waals surface area contributed by atoms with E-state index in [1.165, 1.54) is 0 Å². The van der Waals surface area contributed by atoms with E-state index < -0.39 is 15.1 Å². The minimum absolute atomic E-state index is 0.208. The quantitative estimate of drug-likeness (QED) is 0.578. The molecule has 0 bridgehead atoms. The van der Waals surface area contributed by atoms with Gasteiger partial charge in [0.15, 0.2) is 0 Å². The molecule has 0 aliphatic rings. The fourth-order valence-corrected chi connectivity index (χ4v) is 1.34. The van der Waals surface area contributed by atoms with E-state index in [1.54, 1.807) is 4.72 Å². The average molecular weight is 226 g/mol. The van der Waals surface area contributed by atoms with Crippen LogP contribution >= 0.6 is 10.7 Å². The highest BCUT2D eigenvalue weighted by Gasteiger charge is 2.14. The van der Waals surface area contributed by atoms with Crippen molar-refractivity contribution in [2.75, 3.05) is 0 Å². The Labute approximate surface area is 82.5 Å². The lowest BCUT2D eigenvalue weighted by Gasteiger charge is -2.06. The number of rotatable bonds is 4. The molecular weight excluding hydrogens is 214 g/mol. The highest BCUT2D eigenvalue weighted by molar-refractivity contribution is 8.12. The third-order valence-corrected chi connectivity index (χ3v) is 1.85. The number of hydrogen-bond acceptors (Lipinski definition) is 3. The number of carbonyl (C=O) groups excluding carboxylic acids is 1. The Bertz CT molecular complexity index is 308. The summed E-state index contributed by atoms with van der Waals surface area (Å²) in [4.78, 5) is 11.0. The summed E-state index contributed by atoms with van der Waals surface area (Å²) >= 11 is 0. The van der Waals surface area contributed by atoms with E-state index in [4.69, 9.17) is 10.7 Å². The minimum Gasteiger partial charge on any atom is -0.269 e. The van der Waals surface area contributed by atoms with Crippen molar-refractivity contribution in [1.82, 2.24) is 4.72 Å².